The number of hydrogen-bond acceptors (Lipinski definition) is 6. The van der Waals surface area contributed by atoms with Crippen molar-refractivity contribution in [1.82, 2.24) is 10.2 Å². The normalized spacial score (nSPS) is 10.5. The van der Waals surface area contributed by atoms with Crippen molar-refractivity contribution in [2.24, 2.45) is 0 Å². The summed E-state index contributed by atoms with van der Waals surface area (Å²) in [5.74, 6) is -0.927. The predicted octanol–water partition coefficient (Wildman–Crippen LogP) is 2.76. The van der Waals surface area contributed by atoms with Gasteiger partial charge in [0.2, 0.25) is 5.13 Å². The van der Waals surface area contributed by atoms with Gasteiger partial charge in [-0.05, 0) is 18.6 Å². The Kier molecular flexibility index (Phi) is 4.06. The van der Waals surface area contributed by atoms with E-state index in [1.54, 1.807) is 12.1 Å². The summed E-state index contributed by atoms with van der Waals surface area (Å²) in [7, 11) is 3.79. The summed E-state index contributed by atoms with van der Waals surface area (Å²) in [5, 5.41) is 18.1. The van der Waals surface area contributed by atoms with Gasteiger partial charge >= 0.3 is 5.97 Å². The van der Waals surface area contributed by atoms with E-state index in [-0.39, 0.29) is 0 Å². The monoisotopic (exact) mass is 295 g/mol. The summed E-state index contributed by atoms with van der Waals surface area (Å²) >= 11 is 2.78. The Morgan fingerprint density at radius 2 is 2.11 bits per heavy atom. The molecule has 2 aromatic rings. The van der Waals surface area contributed by atoms with Crippen LogP contribution < -0.4 is 4.90 Å². The third-order valence-electron chi connectivity index (χ3n) is 2.41. The van der Waals surface area contributed by atoms with Crippen LogP contribution in [0.4, 0.5) is 5.13 Å². The quantitative estimate of drug-likeness (QED) is 0.935. The van der Waals surface area contributed by atoms with Crippen LogP contribution in [0.2, 0.25) is 0 Å². The Hall–Kier alpha value is -1.60. The minimum Gasteiger partial charge on any atom is -0.478 e. The molecule has 1 N–H and O–H groups in total. The average molecular weight is 295 g/mol. The first-order valence-corrected chi connectivity index (χ1v) is 7.14. The Labute approximate surface area is 119 Å². The van der Waals surface area contributed by atoms with Crippen LogP contribution >= 0.6 is 23.1 Å². The third kappa shape index (κ3) is 3.05. The topological polar surface area (TPSA) is 66.3 Å². The first-order valence-electron chi connectivity index (χ1n) is 5.50. The second kappa shape index (κ2) is 5.58. The number of carboxylic acids is 1. The zero-order valence-corrected chi connectivity index (χ0v) is 12.4. The van der Waals surface area contributed by atoms with E-state index in [1.165, 1.54) is 23.1 Å². The molecular formula is C12H13N3O2S2. The van der Waals surface area contributed by atoms with E-state index < -0.39 is 5.97 Å². The van der Waals surface area contributed by atoms with Gasteiger partial charge < -0.3 is 10.0 Å². The maximum Gasteiger partial charge on any atom is 0.336 e. The van der Waals surface area contributed by atoms with Gasteiger partial charge in [0.1, 0.15) is 0 Å². The molecule has 0 bridgehead atoms. The number of hydrogen-bond donors (Lipinski definition) is 1. The van der Waals surface area contributed by atoms with Crippen LogP contribution in [0.1, 0.15) is 15.9 Å². The fraction of sp³-hybridized carbons (Fsp3) is 0.250. The molecule has 0 fully saturated rings. The number of carbonyl (C=O) groups is 1. The molecular weight excluding hydrogens is 282 g/mol. The maximum absolute atomic E-state index is 11.2. The number of benzene rings is 1. The molecule has 0 aliphatic heterocycles. The smallest absolute Gasteiger partial charge is 0.336 e. The van der Waals surface area contributed by atoms with Crippen molar-refractivity contribution in [3.05, 3.63) is 29.3 Å². The number of anilines is 1. The molecule has 5 nitrogen and oxygen atoms in total. The van der Waals surface area contributed by atoms with Crippen molar-refractivity contribution >= 4 is 34.2 Å². The molecule has 0 unspecified atom stereocenters. The fourth-order valence-electron chi connectivity index (χ4n) is 1.47. The van der Waals surface area contributed by atoms with Crippen LogP contribution in [0.3, 0.4) is 0 Å². The molecule has 0 saturated carbocycles. The second-order valence-corrected chi connectivity index (χ2v) is 6.32. The average Bonchev–Trinajstić information content (AvgIpc) is 2.80. The molecule has 2 rings (SSSR count). The second-order valence-electron chi connectivity index (χ2n) is 4.10. The van der Waals surface area contributed by atoms with Gasteiger partial charge in [0.15, 0.2) is 4.34 Å². The number of carboxylic acid groups (broad SMARTS) is 1. The lowest BCUT2D eigenvalue weighted by molar-refractivity contribution is 0.0693. The lowest BCUT2D eigenvalue weighted by Gasteiger charge is -2.07. The van der Waals surface area contributed by atoms with Crippen LogP contribution in [0.15, 0.2) is 27.4 Å². The minimum absolute atomic E-state index is 0.298. The van der Waals surface area contributed by atoms with Crippen molar-refractivity contribution in [1.29, 1.82) is 0 Å². The summed E-state index contributed by atoms with van der Waals surface area (Å²) < 4.78 is 0.737. The Bertz CT molecular complexity index is 611. The predicted molar refractivity (Wildman–Crippen MR) is 76.5 cm³/mol. The zero-order valence-electron chi connectivity index (χ0n) is 10.7. The highest BCUT2D eigenvalue weighted by Crippen LogP contribution is 2.36. The van der Waals surface area contributed by atoms with Crippen molar-refractivity contribution < 1.29 is 9.90 Å². The lowest BCUT2D eigenvalue weighted by Crippen LogP contribution is -2.07. The highest BCUT2D eigenvalue weighted by Gasteiger charge is 2.16. The standard InChI is InChI=1S/C12H13N3O2S2/c1-7-5-4-6-8(10(16)17)9(7)18-12-14-13-11(19-12)15(2)3/h4-6H,1-3H3,(H,16,17). The summed E-state index contributed by atoms with van der Waals surface area (Å²) in [4.78, 5) is 13.8. The van der Waals surface area contributed by atoms with E-state index in [2.05, 4.69) is 10.2 Å². The molecule has 0 spiro atoms. The summed E-state index contributed by atoms with van der Waals surface area (Å²) in [6, 6.07) is 5.24. The van der Waals surface area contributed by atoms with Gasteiger partial charge in [0.05, 0.1) is 5.56 Å². The zero-order chi connectivity index (χ0) is 14.0. The van der Waals surface area contributed by atoms with Crippen molar-refractivity contribution in [2.75, 3.05) is 19.0 Å². The van der Waals surface area contributed by atoms with Crippen molar-refractivity contribution in [3.8, 4) is 0 Å². The van der Waals surface area contributed by atoms with E-state index in [1.807, 2.05) is 32.0 Å². The van der Waals surface area contributed by atoms with Crippen molar-refractivity contribution in [2.45, 2.75) is 16.2 Å². The molecule has 19 heavy (non-hydrogen) atoms. The van der Waals surface area contributed by atoms with Crippen LogP contribution in [-0.4, -0.2) is 35.4 Å². The molecule has 0 radical (unpaired) electrons. The van der Waals surface area contributed by atoms with E-state index in [0.29, 0.717) is 5.56 Å². The summed E-state index contributed by atoms with van der Waals surface area (Å²) in [5.41, 5.74) is 1.22. The van der Waals surface area contributed by atoms with E-state index >= 15 is 0 Å². The van der Waals surface area contributed by atoms with Gasteiger partial charge in [-0.2, -0.15) is 0 Å². The molecule has 0 aliphatic rings. The Morgan fingerprint density at radius 1 is 1.37 bits per heavy atom. The molecule has 0 saturated heterocycles. The minimum atomic E-state index is -0.927. The molecule has 1 aromatic carbocycles. The number of aryl methyl sites for hydroxylation is 1. The number of nitrogens with zero attached hydrogens (tertiary/aromatic N) is 3. The number of aromatic carboxylic acids is 1. The third-order valence-corrected chi connectivity index (χ3v) is 4.80. The molecule has 7 heteroatoms. The highest BCUT2D eigenvalue weighted by molar-refractivity contribution is 8.01. The molecule has 1 aromatic heterocycles. The first-order chi connectivity index (χ1) is 8.99. The number of aromatic nitrogens is 2. The Morgan fingerprint density at radius 3 is 2.68 bits per heavy atom. The lowest BCUT2D eigenvalue weighted by atomic mass is 10.1. The van der Waals surface area contributed by atoms with Crippen LogP contribution in [0.5, 0.6) is 0 Å². The maximum atomic E-state index is 11.2. The molecule has 100 valence electrons. The molecule has 0 aliphatic carbocycles. The Balaban J connectivity index is 2.34. The van der Waals surface area contributed by atoms with Gasteiger partial charge in [-0.15, -0.1) is 10.2 Å². The van der Waals surface area contributed by atoms with Gasteiger partial charge in [-0.25, -0.2) is 4.79 Å². The fourth-order valence-corrected chi connectivity index (χ4v) is 3.36. The van der Waals surface area contributed by atoms with Crippen LogP contribution in [0, 0.1) is 6.92 Å². The summed E-state index contributed by atoms with van der Waals surface area (Å²) in [6.07, 6.45) is 0. The van der Waals surface area contributed by atoms with Gasteiger partial charge in [-0.1, -0.05) is 35.2 Å². The van der Waals surface area contributed by atoms with Crippen molar-refractivity contribution in [3.63, 3.8) is 0 Å². The van der Waals surface area contributed by atoms with E-state index in [9.17, 15) is 9.90 Å². The van der Waals surface area contributed by atoms with Crippen LogP contribution in [0.25, 0.3) is 0 Å². The van der Waals surface area contributed by atoms with Gasteiger partial charge in [-0.3, -0.25) is 0 Å². The van der Waals surface area contributed by atoms with E-state index in [4.69, 9.17) is 0 Å². The molecule has 0 atom stereocenters. The van der Waals surface area contributed by atoms with E-state index in [0.717, 1.165) is 19.9 Å². The first kappa shape index (κ1) is 13.8. The largest absolute Gasteiger partial charge is 0.478 e. The SMILES string of the molecule is Cc1cccc(C(=O)O)c1Sc1nnc(N(C)C)s1. The van der Waals surface area contributed by atoms with Gasteiger partial charge in [0, 0.05) is 19.0 Å². The summed E-state index contributed by atoms with van der Waals surface area (Å²) in [6.45, 7) is 1.89. The molecule has 1 heterocycles. The van der Waals surface area contributed by atoms with Gasteiger partial charge in [0.25, 0.3) is 0 Å². The highest BCUT2D eigenvalue weighted by atomic mass is 32.2. The number of rotatable bonds is 4. The molecule has 0 amide bonds. The van der Waals surface area contributed by atoms with Crippen LogP contribution in [-0.2, 0) is 0 Å².